The first-order chi connectivity index (χ1) is 11.5. The number of nitrogens with zero attached hydrogens (tertiary/aromatic N) is 3. The Morgan fingerprint density at radius 3 is 2.17 bits per heavy atom. The van der Waals surface area contributed by atoms with Gasteiger partial charge in [0, 0.05) is 49.3 Å². The van der Waals surface area contributed by atoms with E-state index in [4.69, 9.17) is 0 Å². The second-order valence-corrected chi connectivity index (χ2v) is 6.86. The first kappa shape index (κ1) is 16.6. The fraction of sp³-hybridized carbons (Fsp3) is 0.450. The van der Waals surface area contributed by atoms with Gasteiger partial charge < -0.3 is 14.4 Å². The zero-order valence-electron chi connectivity index (χ0n) is 15.1. The average molecular weight is 325 g/mol. The maximum atomic E-state index is 12.9. The summed E-state index contributed by atoms with van der Waals surface area (Å²) in [6.07, 6.45) is 0. The van der Waals surface area contributed by atoms with Crippen LogP contribution < -0.4 is 4.90 Å². The second-order valence-electron chi connectivity index (χ2n) is 6.86. The highest BCUT2D eigenvalue weighted by Gasteiger charge is 2.25. The Balaban J connectivity index is 1.71. The van der Waals surface area contributed by atoms with Gasteiger partial charge in [0.05, 0.1) is 5.56 Å². The lowest BCUT2D eigenvalue weighted by molar-refractivity contribution is 0.0746. The predicted molar refractivity (Wildman–Crippen MR) is 98.8 cm³/mol. The summed E-state index contributed by atoms with van der Waals surface area (Å²) in [4.78, 5) is 17.3. The van der Waals surface area contributed by atoms with Crippen LogP contribution in [0.25, 0.3) is 0 Å². The Hall–Kier alpha value is -2.23. The monoisotopic (exact) mass is 325 g/mol. The highest BCUT2D eigenvalue weighted by Crippen LogP contribution is 2.23. The van der Waals surface area contributed by atoms with E-state index in [1.54, 1.807) is 0 Å². The van der Waals surface area contributed by atoms with Crippen molar-refractivity contribution in [1.29, 1.82) is 0 Å². The minimum Gasteiger partial charge on any atom is -0.368 e. The second kappa shape index (κ2) is 6.71. The molecule has 4 heteroatoms. The molecule has 1 aliphatic heterocycles. The van der Waals surface area contributed by atoms with Crippen LogP contribution in [0.3, 0.4) is 0 Å². The molecule has 0 atom stereocenters. The number of piperazine rings is 1. The van der Waals surface area contributed by atoms with E-state index in [9.17, 15) is 4.79 Å². The smallest absolute Gasteiger partial charge is 0.255 e. The topological polar surface area (TPSA) is 28.5 Å². The van der Waals surface area contributed by atoms with Gasteiger partial charge >= 0.3 is 0 Å². The Bertz CT molecular complexity index is 710. The molecular weight excluding hydrogens is 298 g/mol. The van der Waals surface area contributed by atoms with Crippen LogP contribution in [0.1, 0.15) is 41.6 Å². The van der Waals surface area contributed by atoms with Crippen LogP contribution in [0.4, 0.5) is 5.69 Å². The van der Waals surface area contributed by atoms with E-state index in [1.165, 1.54) is 5.69 Å². The molecule has 0 N–H and O–H groups in total. The number of amides is 1. The van der Waals surface area contributed by atoms with Crippen LogP contribution in [-0.2, 0) is 0 Å². The van der Waals surface area contributed by atoms with Crippen molar-refractivity contribution in [1.82, 2.24) is 9.47 Å². The lowest BCUT2D eigenvalue weighted by atomic mass is 10.2. The SMILES string of the molecule is Cc1cc(C(=O)N2CCN(c3ccccc3)CC2)c(C)n1C(C)C. The Kier molecular flexibility index (Phi) is 4.65. The molecule has 0 bridgehead atoms. The molecule has 1 fully saturated rings. The van der Waals surface area contributed by atoms with Crippen molar-refractivity contribution >= 4 is 11.6 Å². The third-order valence-corrected chi connectivity index (χ3v) is 4.92. The summed E-state index contributed by atoms with van der Waals surface area (Å²) in [6, 6.07) is 12.8. The van der Waals surface area contributed by atoms with E-state index in [0.29, 0.717) is 6.04 Å². The molecule has 0 unspecified atom stereocenters. The van der Waals surface area contributed by atoms with Gasteiger partial charge in [-0.05, 0) is 45.9 Å². The van der Waals surface area contributed by atoms with E-state index in [-0.39, 0.29) is 5.91 Å². The van der Waals surface area contributed by atoms with Crippen molar-refractivity contribution in [3.63, 3.8) is 0 Å². The number of carbonyl (C=O) groups is 1. The van der Waals surface area contributed by atoms with Gasteiger partial charge in [0.25, 0.3) is 5.91 Å². The lowest BCUT2D eigenvalue weighted by Gasteiger charge is -2.36. The molecule has 3 rings (SSSR count). The maximum Gasteiger partial charge on any atom is 0.255 e. The van der Waals surface area contributed by atoms with Crippen LogP contribution in [0, 0.1) is 13.8 Å². The van der Waals surface area contributed by atoms with Gasteiger partial charge in [0.15, 0.2) is 0 Å². The molecule has 1 saturated heterocycles. The van der Waals surface area contributed by atoms with Gasteiger partial charge in [-0.3, -0.25) is 4.79 Å². The number of aryl methyl sites for hydroxylation is 1. The van der Waals surface area contributed by atoms with E-state index < -0.39 is 0 Å². The Labute approximate surface area is 144 Å². The zero-order valence-corrected chi connectivity index (χ0v) is 15.1. The number of aromatic nitrogens is 1. The minimum absolute atomic E-state index is 0.169. The van der Waals surface area contributed by atoms with Gasteiger partial charge in [-0.1, -0.05) is 18.2 Å². The van der Waals surface area contributed by atoms with Crippen LogP contribution in [-0.4, -0.2) is 41.6 Å². The molecule has 0 radical (unpaired) electrons. The number of para-hydroxylation sites is 1. The molecule has 2 aromatic rings. The van der Waals surface area contributed by atoms with E-state index in [2.05, 4.69) is 61.4 Å². The number of rotatable bonds is 3. The molecule has 1 aromatic heterocycles. The number of hydrogen-bond donors (Lipinski definition) is 0. The highest BCUT2D eigenvalue weighted by molar-refractivity contribution is 5.96. The first-order valence-corrected chi connectivity index (χ1v) is 8.76. The standard InChI is InChI=1S/C20H27N3O/c1-15(2)23-16(3)14-19(17(23)4)20(24)22-12-10-21(11-13-22)18-8-6-5-7-9-18/h5-9,14-15H,10-13H2,1-4H3. The molecule has 1 aromatic carbocycles. The van der Waals surface area contributed by atoms with Gasteiger partial charge in [0.1, 0.15) is 0 Å². The Morgan fingerprint density at radius 2 is 1.62 bits per heavy atom. The van der Waals surface area contributed by atoms with Crippen molar-refractivity contribution in [2.45, 2.75) is 33.7 Å². The zero-order chi connectivity index (χ0) is 17.3. The summed E-state index contributed by atoms with van der Waals surface area (Å²) in [5.41, 5.74) is 4.34. The third kappa shape index (κ3) is 3.05. The maximum absolute atomic E-state index is 12.9. The molecule has 0 saturated carbocycles. The van der Waals surface area contributed by atoms with Crippen LogP contribution in [0.15, 0.2) is 36.4 Å². The lowest BCUT2D eigenvalue weighted by Crippen LogP contribution is -2.48. The van der Waals surface area contributed by atoms with Crippen molar-refractivity contribution in [3.05, 3.63) is 53.3 Å². The van der Waals surface area contributed by atoms with Crippen LogP contribution in [0.2, 0.25) is 0 Å². The van der Waals surface area contributed by atoms with Crippen molar-refractivity contribution in [3.8, 4) is 0 Å². The predicted octanol–water partition coefficient (Wildman–Crippen LogP) is 3.65. The van der Waals surface area contributed by atoms with Crippen molar-refractivity contribution < 1.29 is 4.79 Å². The molecule has 2 heterocycles. The van der Waals surface area contributed by atoms with E-state index in [1.807, 2.05) is 17.0 Å². The minimum atomic E-state index is 0.169. The van der Waals surface area contributed by atoms with Crippen molar-refractivity contribution in [2.75, 3.05) is 31.1 Å². The largest absolute Gasteiger partial charge is 0.368 e. The molecule has 24 heavy (non-hydrogen) atoms. The molecule has 4 nitrogen and oxygen atoms in total. The molecular formula is C20H27N3O. The number of hydrogen-bond acceptors (Lipinski definition) is 2. The molecule has 128 valence electrons. The summed E-state index contributed by atoms with van der Waals surface area (Å²) in [5.74, 6) is 0.169. The van der Waals surface area contributed by atoms with Gasteiger partial charge in [-0.15, -0.1) is 0 Å². The van der Waals surface area contributed by atoms with Crippen molar-refractivity contribution in [2.24, 2.45) is 0 Å². The fourth-order valence-electron chi connectivity index (χ4n) is 3.77. The normalized spacial score (nSPS) is 15.2. The number of anilines is 1. The van der Waals surface area contributed by atoms with Gasteiger partial charge in [-0.2, -0.15) is 0 Å². The summed E-state index contributed by atoms with van der Waals surface area (Å²) in [7, 11) is 0. The molecule has 1 aliphatic rings. The fourth-order valence-corrected chi connectivity index (χ4v) is 3.77. The van der Waals surface area contributed by atoms with Gasteiger partial charge in [-0.25, -0.2) is 0 Å². The number of carbonyl (C=O) groups excluding carboxylic acids is 1. The quantitative estimate of drug-likeness (QED) is 0.862. The molecule has 0 aliphatic carbocycles. The molecule has 0 spiro atoms. The van der Waals surface area contributed by atoms with Crippen LogP contribution in [0.5, 0.6) is 0 Å². The first-order valence-electron chi connectivity index (χ1n) is 8.76. The average Bonchev–Trinajstić information content (AvgIpc) is 2.89. The Morgan fingerprint density at radius 1 is 1.00 bits per heavy atom. The van der Waals surface area contributed by atoms with Crippen LogP contribution >= 0.6 is 0 Å². The highest BCUT2D eigenvalue weighted by atomic mass is 16.2. The van der Waals surface area contributed by atoms with Gasteiger partial charge in [0.2, 0.25) is 0 Å². The summed E-state index contributed by atoms with van der Waals surface area (Å²) in [5, 5.41) is 0. The van der Waals surface area contributed by atoms with E-state index >= 15 is 0 Å². The third-order valence-electron chi connectivity index (χ3n) is 4.92. The molecule has 1 amide bonds. The summed E-state index contributed by atoms with van der Waals surface area (Å²) < 4.78 is 2.24. The van der Waals surface area contributed by atoms with E-state index in [0.717, 1.165) is 43.1 Å². The summed E-state index contributed by atoms with van der Waals surface area (Å²) >= 11 is 0. The number of benzene rings is 1. The summed E-state index contributed by atoms with van der Waals surface area (Å²) in [6.45, 7) is 11.8.